The number of rotatable bonds is 5. The first-order valence-electron chi connectivity index (χ1n) is 12.6. The monoisotopic (exact) mass is 462 g/mol. The number of H-pyrrole nitrogens is 2. The van der Waals surface area contributed by atoms with Gasteiger partial charge in [0.05, 0.1) is 30.3 Å². The fraction of sp³-hybridized carbons (Fsp3) is 0.577. The van der Waals surface area contributed by atoms with Gasteiger partial charge in [0, 0.05) is 37.1 Å². The van der Waals surface area contributed by atoms with E-state index < -0.39 is 0 Å². The minimum Gasteiger partial charge on any atom is -0.379 e. The Morgan fingerprint density at radius 3 is 2.91 bits per heavy atom. The quantitative estimate of drug-likeness (QED) is 0.607. The van der Waals surface area contributed by atoms with Gasteiger partial charge in [0.1, 0.15) is 5.69 Å². The van der Waals surface area contributed by atoms with Crippen LogP contribution in [0.5, 0.6) is 0 Å². The molecule has 34 heavy (non-hydrogen) atoms. The van der Waals surface area contributed by atoms with E-state index in [0.29, 0.717) is 18.6 Å². The SMILES string of the molecule is CCc1cc(N(C)C(=O)[C@H](C)N2CCOCC2)cc2[nH]c(-c3n[nH]c4c3C[C@@H]3C[C@]3(C)C4)nc12. The number of likely N-dealkylation sites (N-methyl/N-ethyl adjacent to an activating group) is 1. The third kappa shape index (κ3) is 3.46. The second-order valence-corrected chi connectivity index (χ2v) is 10.6. The summed E-state index contributed by atoms with van der Waals surface area (Å²) in [6.07, 6.45) is 4.31. The molecule has 6 rings (SSSR count). The van der Waals surface area contributed by atoms with Crippen LogP contribution in [0, 0.1) is 11.3 Å². The largest absolute Gasteiger partial charge is 0.379 e. The topological polar surface area (TPSA) is 90.1 Å². The summed E-state index contributed by atoms with van der Waals surface area (Å²) in [6, 6.07) is 3.97. The molecular weight excluding hydrogens is 428 g/mol. The lowest BCUT2D eigenvalue weighted by Gasteiger charge is -2.33. The van der Waals surface area contributed by atoms with Crippen LogP contribution >= 0.6 is 0 Å². The molecule has 0 unspecified atom stereocenters. The molecule has 2 fully saturated rings. The second kappa shape index (κ2) is 7.92. The first-order chi connectivity index (χ1) is 16.4. The summed E-state index contributed by atoms with van der Waals surface area (Å²) >= 11 is 0. The molecule has 0 spiro atoms. The van der Waals surface area contributed by atoms with E-state index >= 15 is 0 Å². The zero-order chi connectivity index (χ0) is 23.6. The molecule has 2 aliphatic carbocycles. The van der Waals surface area contributed by atoms with E-state index in [1.807, 2.05) is 20.0 Å². The molecule has 2 aromatic heterocycles. The van der Waals surface area contributed by atoms with Gasteiger partial charge in [0.15, 0.2) is 5.82 Å². The Balaban J connectivity index is 1.32. The Bertz CT molecular complexity index is 1260. The van der Waals surface area contributed by atoms with Crippen LogP contribution in [0.3, 0.4) is 0 Å². The highest BCUT2D eigenvalue weighted by Gasteiger charge is 2.53. The van der Waals surface area contributed by atoms with Crippen molar-refractivity contribution in [3.05, 3.63) is 29.0 Å². The third-order valence-corrected chi connectivity index (χ3v) is 8.45. The van der Waals surface area contributed by atoms with Gasteiger partial charge < -0.3 is 14.6 Å². The lowest BCUT2D eigenvalue weighted by atomic mass is 9.88. The smallest absolute Gasteiger partial charge is 0.243 e. The van der Waals surface area contributed by atoms with Crippen LogP contribution in [0.15, 0.2) is 12.1 Å². The van der Waals surface area contributed by atoms with Crippen molar-refractivity contribution in [2.75, 3.05) is 38.3 Å². The predicted molar refractivity (Wildman–Crippen MR) is 132 cm³/mol. The molecule has 1 aromatic carbocycles. The zero-order valence-electron chi connectivity index (χ0n) is 20.6. The van der Waals surface area contributed by atoms with Gasteiger partial charge in [-0.05, 0) is 61.6 Å². The Morgan fingerprint density at radius 1 is 1.35 bits per heavy atom. The van der Waals surface area contributed by atoms with E-state index in [2.05, 4.69) is 40.0 Å². The van der Waals surface area contributed by atoms with Gasteiger partial charge in [-0.3, -0.25) is 14.8 Å². The van der Waals surface area contributed by atoms with Gasteiger partial charge in [-0.25, -0.2) is 4.98 Å². The molecule has 180 valence electrons. The molecule has 8 nitrogen and oxygen atoms in total. The van der Waals surface area contributed by atoms with Crippen molar-refractivity contribution in [2.45, 2.75) is 52.5 Å². The number of aromatic nitrogens is 4. The standard InChI is InChI=1S/C26H34N6O2/c1-5-16-10-18(31(4)25(33)15(2)32-6-8-34-9-7-32)12-20-22(16)28-24(27-20)23-19-11-17-13-26(17,3)14-21(19)29-30-23/h10,12,15,17H,5-9,11,13-14H2,1-4H3,(H,27,28)(H,29,30)/t15-,17+,26+/m0/s1. The van der Waals surface area contributed by atoms with E-state index in [-0.39, 0.29) is 11.9 Å². The van der Waals surface area contributed by atoms with Crippen molar-refractivity contribution >= 4 is 22.6 Å². The van der Waals surface area contributed by atoms with Crippen LogP contribution in [-0.4, -0.2) is 70.4 Å². The fourth-order valence-corrected chi connectivity index (χ4v) is 5.93. The van der Waals surface area contributed by atoms with Gasteiger partial charge in [-0.15, -0.1) is 0 Å². The summed E-state index contributed by atoms with van der Waals surface area (Å²) in [5, 5.41) is 7.96. The van der Waals surface area contributed by atoms with Crippen LogP contribution < -0.4 is 4.90 Å². The maximum absolute atomic E-state index is 13.3. The lowest BCUT2D eigenvalue weighted by molar-refractivity contribution is -0.124. The second-order valence-electron chi connectivity index (χ2n) is 10.6. The number of hydrogen-bond donors (Lipinski definition) is 2. The van der Waals surface area contributed by atoms with E-state index in [0.717, 1.165) is 72.1 Å². The maximum atomic E-state index is 13.3. The molecule has 3 heterocycles. The molecular formula is C26H34N6O2. The van der Waals surface area contributed by atoms with Gasteiger partial charge in [0.25, 0.3) is 0 Å². The highest BCUT2D eigenvalue weighted by Crippen LogP contribution is 2.59. The highest BCUT2D eigenvalue weighted by molar-refractivity contribution is 5.98. The number of imidazole rings is 1. The number of amides is 1. The lowest BCUT2D eigenvalue weighted by Crippen LogP contribution is -2.50. The van der Waals surface area contributed by atoms with Crippen LogP contribution in [0.2, 0.25) is 0 Å². The summed E-state index contributed by atoms with van der Waals surface area (Å²) < 4.78 is 5.45. The number of fused-ring (bicyclic) bond motifs is 3. The zero-order valence-corrected chi connectivity index (χ0v) is 20.6. The number of morpholine rings is 1. The van der Waals surface area contributed by atoms with Crippen molar-refractivity contribution in [3.63, 3.8) is 0 Å². The Kier molecular flexibility index (Phi) is 5.08. The molecule has 1 saturated carbocycles. The average Bonchev–Trinajstić information content (AvgIpc) is 3.15. The van der Waals surface area contributed by atoms with Crippen molar-refractivity contribution in [2.24, 2.45) is 11.3 Å². The summed E-state index contributed by atoms with van der Waals surface area (Å²) in [4.78, 5) is 25.8. The Labute approximate surface area is 200 Å². The van der Waals surface area contributed by atoms with Crippen molar-refractivity contribution < 1.29 is 9.53 Å². The van der Waals surface area contributed by atoms with Crippen molar-refractivity contribution in [1.82, 2.24) is 25.1 Å². The molecule has 3 atom stereocenters. The van der Waals surface area contributed by atoms with E-state index in [4.69, 9.17) is 9.72 Å². The van der Waals surface area contributed by atoms with Crippen molar-refractivity contribution in [1.29, 1.82) is 0 Å². The number of benzene rings is 1. The number of aryl methyl sites for hydroxylation is 1. The fourth-order valence-electron chi connectivity index (χ4n) is 5.93. The van der Waals surface area contributed by atoms with Crippen LogP contribution in [0.4, 0.5) is 5.69 Å². The average molecular weight is 463 g/mol. The summed E-state index contributed by atoms with van der Waals surface area (Å²) in [5.74, 6) is 1.68. The minimum atomic E-state index is -0.185. The highest BCUT2D eigenvalue weighted by atomic mass is 16.5. The molecule has 0 radical (unpaired) electrons. The number of nitrogens with one attached hydrogen (secondary N) is 2. The molecule has 2 N–H and O–H groups in total. The molecule has 1 aliphatic heterocycles. The summed E-state index contributed by atoms with van der Waals surface area (Å²) in [5.41, 5.74) is 7.95. The van der Waals surface area contributed by atoms with E-state index in [1.165, 1.54) is 17.7 Å². The van der Waals surface area contributed by atoms with Crippen LogP contribution in [0.25, 0.3) is 22.6 Å². The minimum absolute atomic E-state index is 0.0943. The van der Waals surface area contributed by atoms with Gasteiger partial charge >= 0.3 is 0 Å². The molecule has 3 aromatic rings. The molecule has 0 bridgehead atoms. The number of aromatic amines is 2. The Morgan fingerprint density at radius 2 is 2.15 bits per heavy atom. The van der Waals surface area contributed by atoms with Crippen molar-refractivity contribution in [3.8, 4) is 11.5 Å². The normalized spacial score (nSPS) is 25.1. The van der Waals surface area contributed by atoms with Gasteiger partial charge in [0.2, 0.25) is 5.91 Å². The van der Waals surface area contributed by atoms with Gasteiger partial charge in [-0.2, -0.15) is 5.10 Å². The number of nitrogens with zero attached hydrogens (tertiary/aromatic N) is 4. The molecule has 1 saturated heterocycles. The number of carbonyl (C=O) groups excluding carboxylic acids is 1. The molecule has 3 aliphatic rings. The summed E-state index contributed by atoms with van der Waals surface area (Å²) in [7, 11) is 1.87. The Hall–Kier alpha value is -2.71. The number of carbonyl (C=O) groups is 1. The predicted octanol–water partition coefficient (Wildman–Crippen LogP) is 3.32. The number of hydrogen-bond acceptors (Lipinski definition) is 5. The van der Waals surface area contributed by atoms with E-state index in [1.54, 1.807) is 4.90 Å². The molecule has 1 amide bonds. The van der Waals surface area contributed by atoms with Crippen LogP contribution in [0.1, 0.15) is 44.0 Å². The van der Waals surface area contributed by atoms with Crippen LogP contribution in [-0.2, 0) is 28.8 Å². The van der Waals surface area contributed by atoms with Gasteiger partial charge in [-0.1, -0.05) is 13.8 Å². The first-order valence-corrected chi connectivity index (χ1v) is 12.6. The number of anilines is 1. The maximum Gasteiger partial charge on any atom is 0.243 e. The van der Waals surface area contributed by atoms with E-state index in [9.17, 15) is 4.79 Å². The number of ether oxygens (including phenoxy) is 1. The third-order valence-electron chi connectivity index (χ3n) is 8.45. The first kappa shape index (κ1) is 21.8. The molecule has 8 heteroatoms. The summed E-state index contributed by atoms with van der Waals surface area (Å²) in [6.45, 7) is 9.45.